The van der Waals surface area contributed by atoms with Crippen molar-refractivity contribution < 1.29 is 9.59 Å². The maximum atomic E-state index is 12.4. The highest BCUT2D eigenvalue weighted by molar-refractivity contribution is 5.75. The van der Waals surface area contributed by atoms with Gasteiger partial charge in [0.15, 0.2) is 0 Å². The normalized spacial score (nSPS) is 21.7. The quantitative estimate of drug-likeness (QED) is 0.775. The van der Waals surface area contributed by atoms with Crippen molar-refractivity contribution in [3.8, 4) is 0 Å². The maximum absolute atomic E-state index is 12.4. The predicted molar refractivity (Wildman–Crippen MR) is 95.6 cm³/mol. The van der Waals surface area contributed by atoms with Crippen molar-refractivity contribution in [3.63, 3.8) is 0 Å². The van der Waals surface area contributed by atoms with Gasteiger partial charge in [-0.05, 0) is 51.6 Å². The number of likely N-dealkylation sites (N-methyl/N-ethyl adjacent to an activating group) is 1. The van der Waals surface area contributed by atoms with Crippen molar-refractivity contribution in [2.45, 2.75) is 57.4 Å². The standard InChI is InChI=1S/C18H34N4O2/c1-21(2)16(15-6-4-3-5-7-15)13-20-18(24)22-10-8-14(9-11-22)12-17(19)23/h14-16H,3-13H2,1-2H3,(H2,19,23)(H,20,24). The number of rotatable bonds is 6. The van der Waals surface area contributed by atoms with Crippen LogP contribution in [0.1, 0.15) is 51.4 Å². The van der Waals surface area contributed by atoms with Crippen LogP contribution in [0.5, 0.6) is 0 Å². The van der Waals surface area contributed by atoms with E-state index in [9.17, 15) is 9.59 Å². The molecule has 2 fully saturated rings. The first-order valence-corrected chi connectivity index (χ1v) is 9.45. The highest BCUT2D eigenvalue weighted by Crippen LogP contribution is 2.28. The van der Waals surface area contributed by atoms with Gasteiger partial charge in [-0.3, -0.25) is 4.79 Å². The van der Waals surface area contributed by atoms with E-state index in [4.69, 9.17) is 5.73 Å². The van der Waals surface area contributed by atoms with Crippen LogP contribution in [0.15, 0.2) is 0 Å². The number of urea groups is 1. The average Bonchev–Trinajstić information content (AvgIpc) is 2.55. The molecule has 6 nitrogen and oxygen atoms in total. The van der Waals surface area contributed by atoms with Crippen LogP contribution in [0.2, 0.25) is 0 Å². The van der Waals surface area contributed by atoms with Gasteiger partial charge in [0.2, 0.25) is 5.91 Å². The van der Waals surface area contributed by atoms with Gasteiger partial charge in [0.1, 0.15) is 0 Å². The van der Waals surface area contributed by atoms with Crippen LogP contribution in [0, 0.1) is 11.8 Å². The van der Waals surface area contributed by atoms with E-state index in [1.165, 1.54) is 32.1 Å². The van der Waals surface area contributed by atoms with Crippen molar-refractivity contribution in [3.05, 3.63) is 0 Å². The molecule has 1 aliphatic carbocycles. The Morgan fingerprint density at radius 1 is 1.12 bits per heavy atom. The smallest absolute Gasteiger partial charge is 0.317 e. The first-order chi connectivity index (χ1) is 11.5. The Balaban J connectivity index is 1.76. The third kappa shape index (κ3) is 5.65. The summed E-state index contributed by atoms with van der Waals surface area (Å²) >= 11 is 0. The van der Waals surface area contributed by atoms with E-state index >= 15 is 0 Å². The zero-order chi connectivity index (χ0) is 17.5. The Hall–Kier alpha value is -1.30. The second-order valence-electron chi connectivity index (χ2n) is 7.72. The molecule has 1 atom stereocenters. The summed E-state index contributed by atoms with van der Waals surface area (Å²) in [6, 6.07) is 0.455. The van der Waals surface area contributed by atoms with Crippen LogP contribution in [-0.2, 0) is 4.79 Å². The molecule has 2 rings (SSSR count). The number of nitrogens with zero attached hydrogens (tertiary/aromatic N) is 2. The van der Waals surface area contributed by atoms with E-state index in [0.29, 0.717) is 24.3 Å². The molecule has 138 valence electrons. The number of primary amides is 1. The molecule has 0 spiro atoms. The molecule has 3 amide bonds. The lowest BCUT2D eigenvalue weighted by atomic mass is 9.83. The molecule has 1 saturated heterocycles. The van der Waals surface area contributed by atoms with Crippen LogP contribution >= 0.6 is 0 Å². The number of amides is 3. The number of nitrogens with one attached hydrogen (secondary N) is 1. The predicted octanol–water partition coefficient (Wildman–Crippen LogP) is 1.79. The Bertz CT molecular complexity index is 413. The summed E-state index contributed by atoms with van der Waals surface area (Å²) in [6.45, 7) is 2.16. The Morgan fingerprint density at radius 2 is 1.75 bits per heavy atom. The van der Waals surface area contributed by atoms with Gasteiger partial charge in [-0.15, -0.1) is 0 Å². The van der Waals surface area contributed by atoms with E-state index in [1.54, 1.807) is 0 Å². The monoisotopic (exact) mass is 338 g/mol. The van der Waals surface area contributed by atoms with Crippen molar-refractivity contribution in [1.29, 1.82) is 0 Å². The molecular formula is C18H34N4O2. The fourth-order valence-corrected chi connectivity index (χ4v) is 4.22. The van der Waals surface area contributed by atoms with Crippen LogP contribution in [0.4, 0.5) is 4.79 Å². The summed E-state index contributed by atoms with van der Waals surface area (Å²) in [4.78, 5) is 27.6. The molecule has 0 aromatic rings. The van der Waals surface area contributed by atoms with E-state index in [2.05, 4.69) is 24.3 Å². The second kappa shape index (κ2) is 9.25. The summed E-state index contributed by atoms with van der Waals surface area (Å²) < 4.78 is 0. The zero-order valence-electron chi connectivity index (χ0n) is 15.3. The summed E-state index contributed by atoms with van der Waals surface area (Å²) in [6.07, 6.45) is 8.72. The Morgan fingerprint density at radius 3 is 2.29 bits per heavy atom. The van der Waals surface area contributed by atoms with Gasteiger partial charge in [-0.2, -0.15) is 0 Å². The molecule has 2 aliphatic rings. The number of likely N-dealkylation sites (tertiary alicyclic amines) is 1. The summed E-state index contributed by atoms with van der Waals surface area (Å²) in [7, 11) is 4.22. The maximum Gasteiger partial charge on any atom is 0.317 e. The van der Waals surface area contributed by atoms with E-state index in [1.807, 2.05) is 4.90 Å². The second-order valence-corrected chi connectivity index (χ2v) is 7.72. The number of hydrogen-bond acceptors (Lipinski definition) is 3. The highest BCUT2D eigenvalue weighted by atomic mass is 16.2. The number of hydrogen-bond donors (Lipinski definition) is 2. The molecule has 1 saturated carbocycles. The summed E-state index contributed by atoms with van der Waals surface area (Å²) in [5, 5.41) is 3.14. The van der Waals surface area contributed by atoms with E-state index < -0.39 is 0 Å². The molecule has 0 bridgehead atoms. The van der Waals surface area contributed by atoms with Crippen molar-refractivity contribution in [2.24, 2.45) is 17.6 Å². The largest absolute Gasteiger partial charge is 0.370 e. The Kier molecular flexibility index (Phi) is 7.34. The SMILES string of the molecule is CN(C)C(CNC(=O)N1CCC(CC(N)=O)CC1)C1CCCCC1. The average molecular weight is 338 g/mol. The van der Waals surface area contributed by atoms with Gasteiger partial charge in [-0.25, -0.2) is 4.79 Å². The molecule has 0 aromatic carbocycles. The summed E-state index contributed by atoms with van der Waals surface area (Å²) in [5.74, 6) is 0.790. The van der Waals surface area contributed by atoms with Gasteiger partial charge in [0, 0.05) is 32.1 Å². The van der Waals surface area contributed by atoms with Crippen molar-refractivity contribution in [2.75, 3.05) is 33.7 Å². The van der Waals surface area contributed by atoms with Gasteiger partial charge in [-0.1, -0.05) is 19.3 Å². The lowest BCUT2D eigenvalue weighted by molar-refractivity contribution is -0.119. The number of nitrogens with two attached hydrogens (primary N) is 1. The van der Waals surface area contributed by atoms with Crippen LogP contribution in [-0.4, -0.2) is 61.5 Å². The fraction of sp³-hybridized carbons (Fsp3) is 0.889. The number of piperidine rings is 1. The van der Waals surface area contributed by atoms with Crippen LogP contribution in [0.3, 0.4) is 0 Å². The topological polar surface area (TPSA) is 78.7 Å². The molecule has 1 heterocycles. The molecule has 1 aliphatic heterocycles. The van der Waals surface area contributed by atoms with Gasteiger partial charge < -0.3 is 20.9 Å². The van der Waals surface area contributed by atoms with Gasteiger partial charge >= 0.3 is 6.03 Å². The first kappa shape index (κ1) is 19.0. The third-order valence-corrected chi connectivity index (χ3v) is 5.71. The molecular weight excluding hydrogens is 304 g/mol. The first-order valence-electron chi connectivity index (χ1n) is 9.45. The lowest BCUT2D eigenvalue weighted by Crippen LogP contribution is -2.50. The highest BCUT2D eigenvalue weighted by Gasteiger charge is 2.28. The molecule has 6 heteroatoms. The van der Waals surface area contributed by atoms with Gasteiger partial charge in [0.25, 0.3) is 0 Å². The lowest BCUT2D eigenvalue weighted by Gasteiger charge is -2.36. The van der Waals surface area contributed by atoms with E-state index in [0.717, 1.165) is 32.5 Å². The van der Waals surface area contributed by atoms with Crippen LogP contribution < -0.4 is 11.1 Å². The molecule has 3 N–H and O–H groups in total. The van der Waals surface area contributed by atoms with E-state index in [-0.39, 0.29) is 11.9 Å². The number of carbonyl (C=O) groups is 2. The van der Waals surface area contributed by atoms with Gasteiger partial charge in [0.05, 0.1) is 0 Å². The molecule has 0 aromatic heterocycles. The third-order valence-electron chi connectivity index (χ3n) is 5.71. The molecule has 0 radical (unpaired) electrons. The number of carbonyl (C=O) groups excluding carboxylic acids is 2. The Labute approximate surface area is 146 Å². The van der Waals surface area contributed by atoms with Crippen LogP contribution in [0.25, 0.3) is 0 Å². The minimum absolute atomic E-state index is 0.0372. The minimum Gasteiger partial charge on any atom is -0.370 e. The fourth-order valence-electron chi connectivity index (χ4n) is 4.22. The van der Waals surface area contributed by atoms with Crippen molar-refractivity contribution in [1.82, 2.24) is 15.1 Å². The zero-order valence-corrected chi connectivity index (χ0v) is 15.3. The minimum atomic E-state index is -0.237. The summed E-state index contributed by atoms with van der Waals surface area (Å²) in [5.41, 5.74) is 5.26. The van der Waals surface area contributed by atoms with Crippen molar-refractivity contribution >= 4 is 11.9 Å². The molecule has 24 heavy (non-hydrogen) atoms. The molecule has 1 unspecified atom stereocenters.